The van der Waals surface area contributed by atoms with Crippen LogP contribution in [0.5, 0.6) is 0 Å². The van der Waals surface area contributed by atoms with Gasteiger partial charge in [0.05, 0.1) is 11.4 Å². The molecule has 116 valence electrons. The Balaban J connectivity index is 1.82. The van der Waals surface area contributed by atoms with Crippen LogP contribution >= 0.6 is 27.7 Å². The topological polar surface area (TPSA) is 37.4 Å². The highest BCUT2D eigenvalue weighted by Crippen LogP contribution is 2.33. The smallest absolute Gasteiger partial charge is 0.268 e. The molecule has 5 heteroatoms. The monoisotopic (exact) mass is 387 g/mol. The van der Waals surface area contributed by atoms with E-state index in [1.165, 1.54) is 4.90 Å². The molecule has 0 aliphatic carbocycles. The van der Waals surface area contributed by atoms with Crippen molar-refractivity contribution in [2.75, 3.05) is 0 Å². The van der Waals surface area contributed by atoms with Crippen LogP contribution in [0, 0.1) is 6.92 Å². The van der Waals surface area contributed by atoms with E-state index in [1.807, 2.05) is 55.5 Å². The summed E-state index contributed by atoms with van der Waals surface area (Å²) in [6.07, 6.45) is 1.76. The van der Waals surface area contributed by atoms with E-state index in [2.05, 4.69) is 15.9 Å². The first kappa shape index (κ1) is 16.0. The zero-order chi connectivity index (χ0) is 16.4. The van der Waals surface area contributed by atoms with Crippen molar-refractivity contribution in [1.29, 1.82) is 0 Å². The number of carbonyl (C=O) groups excluding carboxylic acids is 2. The van der Waals surface area contributed by atoms with Gasteiger partial charge in [0.1, 0.15) is 0 Å². The van der Waals surface area contributed by atoms with Crippen LogP contribution in [-0.2, 0) is 11.3 Å². The van der Waals surface area contributed by atoms with Crippen molar-refractivity contribution in [2.45, 2.75) is 13.5 Å². The second-order valence-electron chi connectivity index (χ2n) is 5.31. The summed E-state index contributed by atoms with van der Waals surface area (Å²) in [6, 6.07) is 15.5. The van der Waals surface area contributed by atoms with E-state index in [1.54, 1.807) is 6.08 Å². The number of carbonyl (C=O) groups is 2. The Morgan fingerprint density at radius 3 is 2.65 bits per heavy atom. The summed E-state index contributed by atoms with van der Waals surface area (Å²) >= 11 is 4.39. The van der Waals surface area contributed by atoms with Crippen molar-refractivity contribution < 1.29 is 9.59 Å². The highest BCUT2D eigenvalue weighted by atomic mass is 79.9. The summed E-state index contributed by atoms with van der Waals surface area (Å²) in [5.74, 6) is -0.235. The maximum Gasteiger partial charge on any atom is 0.293 e. The number of aryl methyl sites for hydroxylation is 1. The van der Waals surface area contributed by atoms with E-state index >= 15 is 0 Å². The third-order valence-corrected chi connectivity index (χ3v) is 4.84. The first-order chi connectivity index (χ1) is 11.0. The number of rotatable bonds is 3. The Bertz CT molecular complexity index is 816. The molecular weight excluding hydrogens is 374 g/mol. The highest BCUT2D eigenvalue weighted by molar-refractivity contribution is 9.10. The normalized spacial score (nSPS) is 16.4. The predicted molar refractivity (Wildman–Crippen MR) is 96.8 cm³/mol. The molecule has 3 rings (SSSR count). The van der Waals surface area contributed by atoms with Gasteiger partial charge in [-0.15, -0.1) is 0 Å². The molecule has 0 saturated carbocycles. The van der Waals surface area contributed by atoms with Crippen molar-refractivity contribution in [3.63, 3.8) is 0 Å². The first-order valence-electron chi connectivity index (χ1n) is 7.09. The van der Waals surface area contributed by atoms with Gasteiger partial charge in [0.25, 0.3) is 11.1 Å². The lowest BCUT2D eigenvalue weighted by Crippen LogP contribution is -2.27. The number of imide groups is 1. The van der Waals surface area contributed by atoms with Crippen LogP contribution in [0.2, 0.25) is 0 Å². The average molecular weight is 388 g/mol. The minimum Gasteiger partial charge on any atom is -0.268 e. The molecule has 0 radical (unpaired) electrons. The second-order valence-corrected chi connectivity index (χ2v) is 7.22. The highest BCUT2D eigenvalue weighted by Gasteiger charge is 2.34. The molecule has 0 unspecified atom stereocenters. The molecule has 0 N–H and O–H groups in total. The van der Waals surface area contributed by atoms with Gasteiger partial charge in [-0.3, -0.25) is 14.5 Å². The molecule has 1 fully saturated rings. The molecule has 0 spiro atoms. The predicted octanol–water partition coefficient (Wildman–Crippen LogP) is 4.99. The molecule has 0 atom stereocenters. The molecule has 2 aromatic rings. The third kappa shape index (κ3) is 3.74. The Morgan fingerprint density at radius 1 is 1.13 bits per heavy atom. The van der Waals surface area contributed by atoms with Gasteiger partial charge in [-0.1, -0.05) is 57.9 Å². The van der Waals surface area contributed by atoms with Crippen molar-refractivity contribution in [3.05, 3.63) is 74.6 Å². The van der Waals surface area contributed by atoms with Gasteiger partial charge in [0.2, 0.25) is 0 Å². The standard InChI is InChI=1S/C18H14BrNO2S/c1-12-4-2-6-14(8-12)11-20-17(21)16(23-18(20)22)10-13-5-3-7-15(19)9-13/h2-10H,11H2,1H3/b16-10+. The van der Waals surface area contributed by atoms with E-state index in [0.29, 0.717) is 11.4 Å². The van der Waals surface area contributed by atoms with Crippen LogP contribution in [0.15, 0.2) is 57.9 Å². The maximum absolute atomic E-state index is 12.5. The second kappa shape index (κ2) is 6.72. The molecule has 2 amide bonds. The summed E-state index contributed by atoms with van der Waals surface area (Å²) in [4.78, 5) is 26.4. The number of thioether (sulfide) groups is 1. The fraction of sp³-hybridized carbons (Fsp3) is 0.111. The lowest BCUT2D eigenvalue weighted by Gasteiger charge is -2.12. The van der Waals surface area contributed by atoms with Gasteiger partial charge >= 0.3 is 0 Å². The Kier molecular flexibility index (Phi) is 4.68. The number of halogens is 1. The Morgan fingerprint density at radius 2 is 1.91 bits per heavy atom. The molecule has 0 bridgehead atoms. The Labute approximate surface area is 147 Å². The van der Waals surface area contributed by atoms with Crippen LogP contribution in [0.4, 0.5) is 4.79 Å². The van der Waals surface area contributed by atoms with Gasteiger partial charge < -0.3 is 0 Å². The van der Waals surface area contributed by atoms with Gasteiger partial charge in [-0.05, 0) is 48.0 Å². The summed E-state index contributed by atoms with van der Waals surface area (Å²) in [6.45, 7) is 2.30. The fourth-order valence-corrected chi connectivity index (χ4v) is 3.63. The zero-order valence-electron chi connectivity index (χ0n) is 12.5. The van der Waals surface area contributed by atoms with Crippen LogP contribution < -0.4 is 0 Å². The van der Waals surface area contributed by atoms with Crippen LogP contribution in [0.1, 0.15) is 16.7 Å². The summed E-state index contributed by atoms with van der Waals surface area (Å²) in [5.41, 5.74) is 2.95. The fourth-order valence-electron chi connectivity index (χ4n) is 2.38. The van der Waals surface area contributed by atoms with Gasteiger partial charge in [-0.2, -0.15) is 0 Å². The van der Waals surface area contributed by atoms with Gasteiger partial charge in [0, 0.05) is 4.47 Å². The minimum atomic E-state index is -0.235. The number of benzene rings is 2. The number of nitrogens with zero attached hydrogens (tertiary/aromatic N) is 1. The molecule has 1 aliphatic heterocycles. The molecule has 1 aliphatic rings. The van der Waals surface area contributed by atoms with E-state index in [9.17, 15) is 9.59 Å². The third-order valence-electron chi connectivity index (χ3n) is 3.44. The summed E-state index contributed by atoms with van der Waals surface area (Å²) in [7, 11) is 0. The number of amides is 2. The Hall–Kier alpha value is -1.85. The lowest BCUT2D eigenvalue weighted by atomic mass is 10.1. The minimum absolute atomic E-state index is 0.224. The van der Waals surface area contributed by atoms with Crippen molar-refractivity contribution in [2.24, 2.45) is 0 Å². The molecule has 0 aromatic heterocycles. The summed E-state index contributed by atoms with van der Waals surface area (Å²) < 4.78 is 0.935. The van der Waals surface area contributed by atoms with Crippen molar-refractivity contribution >= 4 is 44.9 Å². The zero-order valence-corrected chi connectivity index (χ0v) is 14.9. The van der Waals surface area contributed by atoms with Gasteiger partial charge in [-0.25, -0.2) is 0 Å². The van der Waals surface area contributed by atoms with Crippen molar-refractivity contribution in [3.8, 4) is 0 Å². The number of hydrogen-bond donors (Lipinski definition) is 0. The number of hydrogen-bond acceptors (Lipinski definition) is 3. The SMILES string of the molecule is Cc1cccc(CN2C(=O)S/C(=C/c3cccc(Br)c3)C2=O)c1. The van der Waals surface area contributed by atoms with Crippen molar-refractivity contribution in [1.82, 2.24) is 4.90 Å². The summed E-state index contributed by atoms with van der Waals surface area (Å²) in [5, 5.41) is -0.224. The van der Waals surface area contributed by atoms with Crippen LogP contribution in [0.25, 0.3) is 6.08 Å². The molecule has 1 heterocycles. The molecule has 3 nitrogen and oxygen atoms in total. The molecule has 23 heavy (non-hydrogen) atoms. The lowest BCUT2D eigenvalue weighted by molar-refractivity contribution is -0.123. The van der Waals surface area contributed by atoms with Crippen LogP contribution in [0.3, 0.4) is 0 Å². The quantitative estimate of drug-likeness (QED) is 0.695. The van der Waals surface area contributed by atoms with E-state index in [4.69, 9.17) is 0 Å². The van der Waals surface area contributed by atoms with E-state index in [-0.39, 0.29) is 11.1 Å². The van der Waals surface area contributed by atoms with Crippen LogP contribution in [-0.4, -0.2) is 16.0 Å². The maximum atomic E-state index is 12.5. The first-order valence-corrected chi connectivity index (χ1v) is 8.70. The largest absolute Gasteiger partial charge is 0.293 e. The van der Waals surface area contributed by atoms with E-state index < -0.39 is 0 Å². The van der Waals surface area contributed by atoms with E-state index in [0.717, 1.165) is 32.9 Å². The van der Waals surface area contributed by atoms with Gasteiger partial charge in [0.15, 0.2) is 0 Å². The molecule has 2 aromatic carbocycles. The molecule has 1 saturated heterocycles. The average Bonchev–Trinajstić information content (AvgIpc) is 2.75. The molecular formula is C18H14BrNO2S.